The SMILES string of the molecule is C[C@H]1O[C@@H](Oc2ccccc2)[C@H](O)[C@@H](O[C@@H]2OC[C@@H](O)[C@H](O)[C@H]2O)[C@H]1O. The van der Waals surface area contributed by atoms with Crippen molar-refractivity contribution in [3.8, 4) is 5.75 Å². The van der Waals surface area contributed by atoms with Gasteiger partial charge in [0.2, 0.25) is 6.29 Å². The van der Waals surface area contributed by atoms with Crippen LogP contribution in [0.3, 0.4) is 0 Å². The maximum absolute atomic E-state index is 10.5. The maximum Gasteiger partial charge on any atom is 0.229 e. The fraction of sp³-hybridized carbons (Fsp3) is 0.647. The summed E-state index contributed by atoms with van der Waals surface area (Å²) in [7, 11) is 0. The van der Waals surface area contributed by atoms with Crippen molar-refractivity contribution in [2.24, 2.45) is 0 Å². The van der Waals surface area contributed by atoms with E-state index in [-0.39, 0.29) is 6.61 Å². The molecule has 9 nitrogen and oxygen atoms in total. The molecule has 0 spiro atoms. The van der Waals surface area contributed by atoms with Crippen LogP contribution in [0.25, 0.3) is 0 Å². The summed E-state index contributed by atoms with van der Waals surface area (Å²) in [5.74, 6) is 0.464. The second kappa shape index (κ2) is 8.15. The van der Waals surface area contributed by atoms with Crippen LogP contribution in [0.2, 0.25) is 0 Å². The van der Waals surface area contributed by atoms with Crippen molar-refractivity contribution in [3.05, 3.63) is 30.3 Å². The molecule has 0 amide bonds. The number of benzene rings is 1. The lowest BCUT2D eigenvalue weighted by atomic mass is 9.99. The minimum atomic E-state index is -1.54. The average molecular weight is 372 g/mol. The van der Waals surface area contributed by atoms with Crippen LogP contribution < -0.4 is 4.74 Å². The summed E-state index contributed by atoms with van der Waals surface area (Å²) in [6.07, 6.45) is -11.2. The Morgan fingerprint density at radius 3 is 2.27 bits per heavy atom. The Balaban J connectivity index is 1.70. The van der Waals surface area contributed by atoms with Crippen LogP contribution in [0.5, 0.6) is 5.75 Å². The highest BCUT2D eigenvalue weighted by molar-refractivity contribution is 5.21. The van der Waals surface area contributed by atoms with Gasteiger partial charge in [0.1, 0.15) is 42.4 Å². The van der Waals surface area contributed by atoms with Crippen LogP contribution in [0, 0.1) is 0 Å². The molecule has 2 fully saturated rings. The van der Waals surface area contributed by atoms with Gasteiger partial charge in [0, 0.05) is 0 Å². The molecule has 1 aromatic carbocycles. The van der Waals surface area contributed by atoms with Crippen LogP contribution in [0.1, 0.15) is 6.92 Å². The quantitative estimate of drug-likeness (QED) is 0.421. The molecule has 1 aromatic rings. The summed E-state index contributed by atoms with van der Waals surface area (Å²) < 4.78 is 21.8. The number of rotatable bonds is 4. The average Bonchev–Trinajstić information content (AvgIpc) is 2.64. The first-order valence-electron chi connectivity index (χ1n) is 8.43. The van der Waals surface area contributed by atoms with E-state index in [1.54, 1.807) is 31.2 Å². The third-order valence-electron chi connectivity index (χ3n) is 4.52. The number of hydrogen-bond donors (Lipinski definition) is 5. The van der Waals surface area contributed by atoms with E-state index in [9.17, 15) is 25.5 Å². The summed E-state index contributed by atoms with van der Waals surface area (Å²) in [5, 5.41) is 50.1. The Hall–Kier alpha value is -1.30. The van der Waals surface area contributed by atoms with Gasteiger partial charge in [0.25, 0.3) is 0 Å². The second-order valence-corrected chi connectivity index (χ2v) is 6.47. The summed E-state index contributed by atoms with van der Waals surface area (Å²) in [5.41, 5.74) is 0. The van der Waals surface area contributed by atoms with Gasteiger partial charge in [-0.2, -0.15) is 0 Å². The number of para-hydroxylation sites is 1. The van der Waals surface area contributed by atoms with Crippen molar-refractivity contribution >= 4 is 0 Å². The molecule has 0 aromatic heterocycles. The number of hydrogen-bond acceptors (Lipinski definition) is 9. The van der Waals surface area contributed by atoms with E-state index in [2.05, 4.69) is 0 Å². The van der Waals surface area contributed by atoms with Crippen LogP contribution >= 0.6 is 0 Å². The fourth-order valence-corrected chi connectivity index (χ4v) is 2.94. The van der Waals surface area contributed by atoms with Crippen molar-refractivity contribution in [3.63, 3.8) is 0 Å². The van der Waals surface area contributed by atoms with E-state index in [0.717, 1.165) is 0 Å². The molecular weight excluding hydrogens is 348 g/mol. The van der Waals surface area contributed by atoms with E-state index in [1.165, 1.54) is 0 Å². The van der Waals surface area contributed by atoms with E-state index >= 15 is 0 Å². The van der Waals surface area contributed by atoms with Gasteiger partial charge in [0.05, 0.1) is 12.7 Å². The molecular formula is C17H24O9. The second-order valence-electron chi connectivity index (χ2n) is 6.47. The first kappa shape index (κ1) is 19.5. The lowest BCUT2D eigenvalue weighted by Gasteiger charge is -2.44. The number of ether oxygens (including phenoxy) is 4. The van der Waals surface area contributed by atoms with Crippen LogP contribution in [-0.2, 0) is 14.2 Å². The molecule has 9 atom stereocenters. The molecule has 9 heteroatoms. The van der Waals surface area contributed by atoms with Gasteiger partial charge in [-0.25, -0.2) is 0 Å². The highest BCUT2D eigenvalue weighted by Gasteiger charge is 2.48. The van der Waals surface area contributed by atoms with E-state index < -0.39 is 55.3 Å². The van der Waals surface area contributed by atoms with Crippen LogP contribution in [0.15, 0.2) is 30.3 Å². The van der Waals surface area contributed by atoms with Gasteiger partial charge >= 0.3 is 0 Å². The topological polar surface area (TPSA) is 138 Å². The van der Waals surface area contributed by atoms with Crippen molar-refractivity contribution in [2.45, 2.75) is 62.2 Å². The van der Waals surface area contributed by atoms with Crippen LogP contribution in [-0.4, -0.2) is 87.4 Å². The minimum absolute atomic E-state index is 0.252. The molecule has 3 rings (SSSR count). The van der Waals surface area contributed by atoms with Gasteiger partial charge in [-0.15, -0.1) is 0 Å². The Labute approximate surface area is 150 Å². The third kappa shape index (κ3) is 4.00. The van der Waals surface area contributed by atoms with E-state index in [0.29, 0.717) is 5.75 Å². The monoisotopic (exact) mass is 372 g/mol. The normalized spacial score (nSPS) is 43.8. The zero-order valence-corrected chi connectivity index (χ0v) is 14.2. The Morgan fingerprint density at radius 2 is 1.58 bits per heavy atom. The smallest absolute Gasteiger partial charge is 0.229 e. The molecule has 5 N–H and O–H groups in total. The molecule has 0 radical (unpaired) electrons. The Morgan fingerprint density at radius 1 is 0.885 bits per heavy atom. The molecule has 2 saturated heterocycles. The third-order valence-corrected chi connectivity index (χ3v) is 4.52. The first-order chi connectivity index (χ1) is 12.4. The van der Waals surface area contributed by atoms with Crippen molar-refractivity contribution in [2.75, 3.05) is 6.61 Å². The molecule has 0 unspecified atom stereocenters. The fourth-order valence-electron chi connectivity index (χ4n) is 2.94. The predicted octanol–water partition coefficient (Wildman–Crippen LogP) is -1.64. The molecule has 146 valence electrons. The van der Waals surface area contributed by atoms with Crippen molar-refractivity contribution in [1.82, 2.24) is 0 Å². The van der Waals surface area contributed by atoms with Gasteiger partial charge in [-0.1, -0.05) is 18.2 Å². The Bertz CT molecular complexity index is 571. The maximum atomic E-state index is 10.5. The van der Waals surface area contributed by atoms with Gasteiger partial charge in [-0.05, 0) is 19.1 Å². The lowest BCUT2D eigenvalue weighted by molar-refractivity contribution is -0.336. The van der Waals surface area contributed by atoms with Crippen molar-refractivity contribution in [1.29, 1.82) is 0 Å². The number of aliphatic hydroxyl groups excluding tert-OH is 5. The summed E-state index contributed by atoms with van der Waals surface area (Å²) in [4.78, 5) is 0. The van der Waals surface area contributed by atoms with E-state index in [4.69, 9.17) is 18.9 Å². The zero-order valence-electron chi connectivity index (χ0n) is 14.2. The summed E-state index contributed by atoms with van der Waals surface area (Å²) in [6, 6.07) is 8.71. The van der Waals surface area contributed by atoms with Gasteiger partial charge in [0.15, 0.2) is 6.29 Å². The van der Waals surface area contributed by atoms with Crippen molar-refractivity contribution < 1.29 is 44.5 Å². The molecule has 0 aliphatic carbocycles. The zero-order chi connectivity index (χ0) is 18.8. The number of aliphatic hydroxyl groups is 5. The minimum Gasteiger partial charge on any atom is -0.462 e. The molecule has 2 aliphatic rings. The highest BCUT2D eigenvalue weighted by atomic mass is 16.7. The first-order valence-corrected chi connectivity index (χ1v) is 8.43. The van der Waals surface area contributed by atoms with Gasteiger partial charge < -0.3 is 44.5 Å². The molecule has 2 heterocycles. The van der Waals surface area contributed by atoms with E-state index in [1.807, 2.05) is 6.07 Å². The standard InChI is InChI=1S/C17H24O9/c1-8-11(19)15(26-16-13(21)12(20)10(18)7-23-16)14(22)17(24-8)25-9-5-3-2-4-6-9/h2-6,8,10-22H,7H2,1H3/t8-,10-,11+,12+,13-,14-,15+,16+,17+/m1/s1. The van der Waals surface area contributed by atoms with Gasteiger partial charge in [-0.3, -0.25) is 0 Å². The summed E-state index contributed by atoms with van der Waals surface area (Å²) in [6.45, 7) is 1.34. The summed E-state index contributed by atoms with van der Waals surface area (Å²) >= 11 is 0. The molecule has 0 saturated carbocycles. The molecule has 26 heavy (non-hydrogen) atoms. The predicted molar refractivity (Wildman–Crippen MR) is 86.1 cm³/mol. The molecule has 0 bridgehead atoms. The largest absolute Gasteiger partial charge is 0.462 e. The van der Waals surface area contributed by atoms with Crippen LogP contribution in [0.4, 0.5) is 0 Å². The lowest BCUT2D eigenvalue weighted by Crippen LogP contribution is -2.62. The Kier molecular flexibility index (Phi) is 6.10. The highest BCUT2D eigenvalue weighted by Crippen LogP contribution is 2.28. The molecule has 2 aliphatic heterocycles.